The molecule has 1 N–H and O–H groups in total. The number of carboxylic acid groups (broad SMARTS) is 1. The first kappa shape index (κ1) is 14.9. The van der Waals surface area contributed by atoms with Gasteiger partial charge in [0.15, 0.2) is 0 Å². The van der Waals surface area contributed by atoms with E-state index in [-0.39, 0.29) is 5.92 Å². The van der Waals surface area contributed by atoms with Crippen molar-refractivity contribution >= 4 is 5.97 Å². The molecule has 2 rings (SSSR count). The van der Waals surface area contributed by atoms with Crippen LogP contribution in [0.25, 0.3) is 0 Å². The molecular formula is C17H24O3. The van der Waals surface area contributed by atoms with Crippen LogP contribution in [0.4, 0.5) is 0 Å². The lowest BCUT2D eigenvalue weighted by molar-refractivity contribution is -0.138. The minimum absolute atomic E-state index is 0.121. The molecule has 3 atom stereocenters. The van der Waals surface area contributed by atoms with Gasteiger partial charge in [0.05, 0.1) is 12.5 Å². The molecule has 1 saturated carbocycles. The van der Waals surface area contributed by atoms with Gasteiger partial charge in [-0.25, -0.2) is 0 Å². The highest BCUT2D eigenvalue weighted by molar-refractivity contribution is 5.73. The van der Waals surface area contributed by atoms with Crippen molar-refractivity contribution in [1.82, 2.24) is 0 Å². The van der Waals surface area contributed by atoms with Crippen LogP contribution >= 0.6 is 0 Å². The first-order chi connectivity index (χ1) is 9.56. The standard InChI is InChI=1S/C17H24O3/c1-4-12(9-13-10-15(13)17(18)19)14-8-11(3)6-7-16(14)20-5-2/h6-8,12-13,15H,4-5,9-10H2,1-3H3,(H,18,19). The van der Waals surface area contributed by atoms with Crippen molar-refractivity contribution < 1.29 is 14.6 Å². The van der Waals surface area contributed by atoms with Crippen LogP contribution in [0.15, 0.2) is 18.2 Å². The molecule has 0 spiro atoms. The Bertz CT molecular complexity index is 481. The Morgan fingerprint density at radius 1 is 1.45 bits per heavy atom. The summed E-state index contributed by atoms with van der Waals surface area (Å²) >= 11 is 0. The molecule has 0 bridgehead atoms. The van der Waals surface area contributed by atoms with Crippen LogP contribution in [0.2, 0.25) is 0 Å². The molecular weight excluding hydrogens is 252 g/mol. The maximum atomic E-state index is 11.0. The maximum Gasteiger partial charge on any atom is 0.306 e. The molecule has 0 aliphatic heterocycles. The Balaban J connectivity index is 2.14. The number of aryl methyl sites for hydroxylation is 1. The topological polar surface area (TPSA) is 46.5 Å². The van der Waals surface area contributed by atoms with Gasteiger partial charge in [-0.15, -0.1) is 0 Å². The molecule has 1 aliphatic rings. The van der Waals surface area contributed by atoms with E-state index in [1.165, 1.54) is 11.1 Å². The average Bonchev–Trinajstić information content (AvgIpc) is 3.18. The number of hydrogen-bond acceptors (Lipinski definition) is 2. The molecule has 3 nitrogen and oxygen atoms in total. The first-order valence-electron chi connectivity index (χ1n) is 7.52. The number of carbonyl (C=O) groups is 1. The van der Waals surface area contributed by atoms with E-state index in [1.807, 2.05) is 13.0 Å². The Morgan fingerprint density at radius 3 is 2.75 bits per heavy atom. The predicted octanol–water partition coefficient (Wildman–Crippen LogP) is 4.00. The number of aliphatic carboxylic acids is 1. The van der Waals surface area contributed by atoms with E-state index in [9.17, 15) is 4.79 Å². The largest absolute Gasteiger partial charge is 0.494 e. The lowest BCUT2D eigenvalue weighted by Crippen LogP contribution is -2.06. The van der Waals surface area contributed by atoms with E-state index in [0.717, 1.165) is 25.0 Å². The van der Waals surface area contributed by atoms with E-state index in [2.05, 4.69) is 26.0 Å². The van der Waals surface area contributed by atoms with Crippen molar-refractivity contribution in [3.8, 4) is 5.75 Å². The molecule has 0 saturated heterocycles. The summed E-state index contributed by atoms with van der Waals surface area (Å²) in [6.07, 6.45) is 2.81. The van der Waals surface area contributed by atoms with Crippen molar-refractivity contribution in [3.63, 3.8) is 0 Å². The van der Waals surface area contributed by atoms with Crippen molar-refractivity contribution in [2.24, 2.45) is 11.8 Å². The van der Waals surface area contributed by atoms with Gasteiger partial charge in [-0.2, -0.15) is 0 Å². The third-order valence-electron chi connectivity index (χ3n) is 4.22. The quantitative estimate of drug-likeness (QED) is 0.818. The van der Waals surface area contributed by atoms with Gasteiger partial charge < -0.3 is 9.84 Å². The lowest BCUT2D eigenvalue weighted by atomic mass is 9.89. The van der Waals surface area contributed by atoms with Crippen molar-refractivity contribution in [1.29, 1.82) is 0 Å². The molecule has 1 fully saturated rings. The van der Waals surface area contributed by atoms with E-state index >= 15 is 0 Å². The highest BCUT2D eigenvalue weighted by Gasteiger charge is 2.44. The lowest BCUT2D eigenvalue weighted by Gasteiger charge is -2.19. The van der Waals surface area contributed by atoms with Crippen LogP contribution in [0, 0.1) is 18.8 Å². The van der Waals surface area contributed by atoms with Gasteiger partial charge in [0, 0.05) is 0 Å². The number of benzene rings is 1. The smallest absolute Gasteiger partial charge is 0.306 e. The second kappa shape index (κ2) is 6.29. The van der Waals surface area contributed by atoms with Gasteiger partial charge in [0.2, 0.25) is 0 Å². The van der Waals surface area contributed by atoms with Crippen molar-refractivity contribution in [2.45, 2.75) is 46.0 Å². The van der Waals surface area contributed by atoms with E-state index in [1.54, 1.807) is 0 Å². The zero-order chi connectivity index (χ0) is 14.7. The maximum absolute atomic E-state index is 11.0. The summed E-state index contributed by atoms with van der Waals surface area (Å²) in [5, 5.41) is 9.04. The van der Waals surface area contributed by atoms with Gasteiger partial charge >= 0.3 is 5.97 Å². The minimum atomic E-state index is -0.640. The van der Waals surface area contributed by atoms with Crippen LogP contribution in [-0.2, 0) is 4.79 Å². The summed E-state index contributed by atoms with van der Waals surface area (Å²) < 4.78 is 5.73. The van der Waals surface area contributed by atoms with Crippen LogP contribution in [0.1, 0.15) is 50.2 Å². The number of hydrogen-bond donors (Lipinski definition) is 1. The van der Waals surface area contributed by atoms with Crippen LogP contribution < -0.4 is 4.74 Å². The Labute approximate surface area is 121 Å². The van der Waals surface area contributed by atoms with Crippen LogP contribution in [0.3, 0.4) is 0 Å². The highest BCUT2D eigenvalue weighted by Crippen LogP contribution is 2.47. The van der Waals surface area contributed by atoms with Gasteiger partial charge in [0.25, 0.3) is 0 Å². The number of ether oxygens (including phenoxy) is 1. The molecule has 3 heteroatoms. The van der Waals surface area contributed by atoms with Crippen LogP contribution in [0.5, 0.6) is 5.75 Å². The summed E-state index contributed by atoms with van der Waals surface area (Å²) in [4.78, 5) is 11.0. The van der Waals surface area contributed by atoms with Crippen molar-refractivity contribution in [2.75, 3.05) is 6.61 Å². The fourth-order valence-electron chi connectivity index (χ4n) is 2.96. The Morgan fingerprint density at radius 2 is 2.20 bits per heavy atom. The summed E-state index contributed by atoms with van der Waals surface area (Å²) in [6, 6.07) is 6.30. The normalized spacial score (nSPS) is 22.4. The van der Waals surface area contributed by atoms with E-state index < -0.39 is 5.97 Å². The molecule has 1 aliphatic carbocycles. The summed E-state index contributed by atoms with van der Waals surface area (Å²) in [6.45, 7) is 6.91. The molecule has 3 unspecified atom stereocenters. The zero-order valence-electron chi connectivity index (χ0n) is 12.6. The monoisotopic (exact) mass is 276 g/mol. The molecule has 0 aromatic heterocycles. The Hall–Kier alpha value is -1.51. The summed E-state index contributed by atoms with van der Waals surface area (Å²) in [7, 11) is 0. The molecule has 1 aromatic rings. The Kier molecular flexibility index (Phi) is 4.69. The first-order valence-corrected chi connectivity index (χ1v) is 7.52. The zero-order valence-corrected chi connectivity index (χ0v) is 12.6. The number of rotatable bonds is 7. The van der Waals surface area contributed by atoms with E-state index in [0.29, 0.717) is 18.4 Å². The van der Waals surface area contributed by atoms with Gasteiger partial charge in [-0.1, -0.05) is 24.6 Å². The van der Waals surface area contributed by atoms with Crippen molar-refractivity contribution in [3.05, 3.63) is 29.3 Å². The second-order valence-corrected chi connectivity index (χ2v) is 5.76. The molecule has 0 heterocycles. The fraction of sp³-hybridized carbons (Fsp3) is 0.588. The molecule has 0 amide bonds. The molecule has 20 heavy (non-hydrogen) atoms. The molecule has 0 radical (unpaired) electrons. The molecule has 110 valence electrons. The summed E-state index contributed by atoms with van der Waals surface area (Å²) in [5.74, 6) is 0.930. The fourth-order valence-corrected chi connectivity index (χ4v) is 2.96. The van der Waals surface area contributed by atoms with Gasteiger partial charge in [0.1, 0.15) is 5.75 Å². The SMILES string of the molecule is CCOc1ccc(C)cc1C(CC)CC1CC1C(=O)O. The van der Waals surface area contributed by atoms with E-state index in [4.69, 9.17) is 9.84 Å². The third kappa shape index (κ3) is 3.33. The minimum Gasteiger partial charge on any atom is -0.494 e. The molecule has 1 aromatic carbocycles. The predicted molar refractivity (Wildman–Crippen MR) is 79.2 cm³/mol. The second-order valence-electron chi connectivity index (χ2n) is 5.76. The van der Waals surface area contributed by atoms with Gasteiger partial charge in [-0.3, -0.25) is 4.79 Å². The van der Waals surface area contributed by atoms with Gasteiger partial charge in [-0.05, 0) is 56.6 Å². The average molecular weight is 276 g/mol. The third-order valence-corrected chi connectivity index (χ3v) is 4.22. The van der Waals surface area contributed by atoms with Crippen LogP contribution in [-0.4, -0.2) is 17.7 Å². The summed E-state index contributed by atoms with van der Waals surface area (Å²) in [5.41, 5.74) is 2.47. The highest BCUT2D eigenvalue weighted by atomic mass is 16.5. The number of carboxylic acids is 1.